The highest BCUT2D eigenvalue weighted by atomic mass is 16.6. The van der Waals surface area contributed by atoms with E-state index in [4.69, 9.17) is 28.1 Å². The molecule has 61 heavy (non-hydrogen) atoms. The number of nitrogens with one attached hydrogen (secondary N) is 1. The predicted octanol–water partition coefficient (Wildman–Crippen LogP) is 3.33. The van der Waals surface area contributed by atoms with Gasteiger partial charge in [0, 0.05) is 37.7 Å². The van der Waals surface area contributed by atoms with Gasteiger partial charge in [0.25, 0.3) is 5.91 Å². The van der Waals surface area contributed by atoms with E-state index >= 15 is 4.79 Å². The van der Waals surface area contributed by atoms with Crippen LogP contribution in [0.1, 0.15) is 86.9 Å². The van der Waals surface area contributed by atoms with Crippen molar-refractivity contribution in [3.05, 3.63) is 107 Å². The Labute approximate surface area is 351 Å². The zero-order valence-corrected chi connectivity index (χ0v) is 34.5. The van der Waals surface area contributed by atoms with Gasteiger partial charge in [0.2, 0.25) is 5.76 Å². The maximum absolute atomic E-state index is 15.4. The number of benzene rings is 2. The first-order chi connectivity index (χ1) is 28.8. The summed E-state index contributed by atoms with van der Waals surface area (Å²) >= 11 is 0. The third-order valence-electron chi connectivity index (χ3n) is 13.2. The molecule has 1 unspecified atom stereocenters. The van der Waals surface area contributed by atoms with Crippen molar-refractivity contribution in [2.45, 2.75) is 108 Å². The zero-order valence-electron chi connectivity index (χ0n) is 34.5. The number of ketones is 1. The molecule has 1 saturated heterocycles. The van der Waals surface area contributed by atoms with Gasteiger partial charge >= 0.3 is 23.9 Å². The van der Waals surface area contributed by atoms with Gasteiger partial charge in [-0.1, -0.05) is 62.4 Å². The molecule has 3 aromatic rings. The molecule has 2 bridgehead atoms. The quantitative estimate of drug-likeness (QED) is 0.130. The summed E-state index contributed by atoms with van der Waals surface area (Å²) in [7, 11) is 0. The number of furan rings is 1. The number of aliphatic hydroxyl groups excluding tert-OH is 2. The number of hydrogen-bond donors (Lipinski definition) is 4. The second kappa shape index (κ2) is 16.0. The lowest BCUT2D eigenvalue weighted by Gasteiger charge is -2.67. The van der Waals surface area contributed by atoms with Gasteiger partial charge in [0.05, 0.1) is 36.3 Å². The van der Waals surface area contributed by atoms with E-state index in [0.717, 1.165) is 13.8 Å². The Morgan fingerprint density at radius 1 is 0.885 bits per heavy atom. The van der Waals surface area contributed by atoms with Crippen molar-refractivity contribution in [2.75, 3.05) is 6.61 Å². The first kappa shape index (κ1) is 43.4. The summed E-state index contributed by atoms with van der Waals surface area (Å²) in [5, 5.41) is 40.1. The number of fused-ring (bicyclic) bond motifs is 5. The Bertz CT molecular complexity index is 2240. The molecule has 1 amide bonds. The van der Waals surface area contributed by atoms with Crippen molar-refractivity contribution < 1.29 is 72.2 Å². The minimum Gasteiger partial charge on any atom is -0.457 e. The summed E-state index contributed by atoms with van der Waals surface area (Å²) < 4.78 is 35.4. The monoisotopic (exact) mass is 843 g/mol. The van der Waals surface area contributed by atoms with Crippen LogP contribution in [-0.4, -0.2) is 105 Å². The van der Waals surface area contributed by atoms with Crippen molar-refractivity contribution in [1.29, 1.82) is 0 Å². The molecule has 2 aromatic carbocycles. The largest absolute Gasteiger partial charge is 0.457 e. The van der Waals surface area contributed by atoms with E-state index in [1.807, 2.05) is 0 Å². The molecule has 2 saturated carbocycles. The van der Waals surface area contributed by atoms with E-state index in [2.05, 4.69) is 5.32 Å². The first-order valence-electron chi connectivity index (χ1n) is 20.0. The van der Waals surface area contributed by atoms with Crippen LogP contribution >= 0.6 is 0 Å². The van der Waals surface area contributed by atoms with Gasteiger partial charge in [-0.25, -0.2) is 9.59 Å². The summed E-state index contributed by atoms with van der Waals surface area (Å²) in [5.41, 5.74) is -7.23. The fraction of sp³-hybridized carbons (Fsp3) is 0.467. The lowest BCUT2D eigenvalue weighted by molar-refractivity contribution is -0.346. The molecule has 3 fully saturated rings. The third-order valence-corrected chi connectivity index (χ3v) is 13.2. The second-order valence-electron chi connectivity index (χ2n) is 17.0. The van der Waals surface area contributed by atoms with Crippen molar-refractivity contribution in [1.82, 2.24) is 5.32 Å². The van der Waals surface area contributed by atoms with Crippen LogP contribution in [0.4, 0.5) is 0 Å². The van der Waals surface area contributed by atoms with Crippen LogP contribution in [0.2, 0.25) is 0 Å². The Balaban J connectivity index is 1.38. The lowest BCUT2D eigenvalue weighted by atomic mass is 9.44. The SMILES string of the molecule is CC(=O)OC1C(=O)[C@@]2(C)[C@H]([C@H](OC(=O)c3ccco3)[C@]3(O)C[C@H](OC(=O)[C@H](O)[C@@H](NC(=O)c4ccccc4)c4ccccc4)C(C)=C1C3(C)C)[C@]1(OC(C)=O)CO[C@@H]1C[C@@H]2O. The molecule has 4 N–H and O–H groups in total. The van der Waals surface area contributed by atoms with Crippen LogP contribution in [0.25, 0.3) is 0 Å². The number of rotatable bonds is 10. The van der Waals surface area contributed by atoms with Crippen LogP contribution in [0.5, 0.6) is 0 Å². The molecule has 16 heteroatoms. The predicted molar refractivity (Wildman–Crippen MR) is 210 cm³/mol. The Kier molecular flexibility index (Phi) is 11.4. The molecular weight excluding hydrogens is 794 g/mol. The van der Waals surface area contributed by atoms with Gasteiger partial charge < -0.3 is 48.7 Å². The molecule has 324 valence electrons. The maximum atomic E-state index is 15.4. The van der Waals surface area contributed by atoms with Crippen LogP contribution in [-0.2, 0) is 42.9 Å². The van der Waals surface area contributed by atoms with E-state index in [1.54, 1.807) is 60.7 Å². The molecule has 1 aliphatic heterocycles. The molecule has 0 spiro atoms. The zero-order chi connectivity index (χ0) is 44.2. The minimum atomic E-state index is -2.42. The number of Topliss-reactive ketones (excluding diaryl/α,β-unsaturated/α-hetero) is 1. The standard InChI is InChI=1S/C45H49NO15/c1-23-29(59-41(54)34(50)33(26-14-9-7-10-15-26)46-39(52)27-16-11-8-12-17-27)21-45(55)38(60-40(53)28-18-13-19-56-28)36-43(6,30(49)20-31-44(36,22-57-31)61-25(3)48)37(51)35(58-24(2)47)32(23)42(45,4)5/h7-19,29-31,33-36,38,49-50,55H,20-22H2,1-6H3,(H,46,52)/t29-,30-,31+,33-,34+,35?,36-,38-,43+,44-,45+/m0/s1. The number of amides is 1. The summed E-state index contributed by atoms with van der Waals surface area (Å²) in [6.45, 7) is 7.85. The number of esters is 4. The van der Waals surface area contributed by atoms with Gasteiger partial charge in [-0.05, 0) is 54.8 Å². The molecule has 0 radical (unpaired) electrons. The summed E-state index contributed by atoms with van der Waals surface area (Å²) in [5.74, 6) is -7.38. The maximum Gasteiger partial charge on any atom is 0.374 e. The fourth-order valence-corrected chi connectivity index (χ4v) is 9.99. The minimum absolute atomic E-state index is 0.0230. The molecule has 2 heterocycles. The Hall–Kier alpha value is -5.68. The number of carbonyl (C=O) groups excluding carboxylic acids is 6. The Morgan fingerprint density at radius 2 is 1.54 bits per heavy atom. The molecule has 7 rings (SSSR count). The number of aliphatic hydroxyl groups is 3. The highest BCUT2D eigenvalue weighted by Gasteiger charge is 2.78. The van der Waals surface area contributed by atoms with Gasteiger partial charge in [-0.2, -0.15) is 0 Å². The van der Waals surface area contributed by atoms with Crippen LogP contribution in [0.3, 0.4) is 0 Å². The molecule has 11 atom stereocenters. The fourth-order valence-electron chi connectivity index (χ4n) is 9.99. The lowest BCUT2D eigenvalue weighted by Crippen LogP contribution is -2.82. The van der Waals surface area contributed by atoms with E-state index in [-0.39, 0.29) is 35.5 Å². The van der Waals surface area contributed by atoms with E-state index in [0.29, 0.717) is 5.56 Å². The average molecular weight is 844 g/mol. The summed E-state index contributed by atoms with van der Waals surface area (Å²) in [6.07, 6.45) is -9.44. The van der Waals surface area contributed by atoms with Crippen molar-refractivity contribution in [3.8, 4) is 0 Å². The van der Waals surface area contributed by atoms with E-state index in [9.17, 15) is 39.3 Å². The van der Waals surface area contributed by atoms with Gasteiger partial charge in [-0.3, -0.25) is 19.2 Å². The first-order valence-corrected chi connectivity index (χ1v) is 20.0. The molecular formula is C45H49NO15. The average Bonchev–Trinajstić information content (AvgIpc) is 3.77. The van der Waals surface area contributed by atoms with Gasteiger partial charge in [0.1, 0.15) is 23.9 Å². The number of ether oxygens (including phenoxy) is 5. The van der Waals surface area contributed by atoms with Crippen molar-refractivity contribution in [2.24, 2.45) is 16.7 Å². The third kappa shape index (κ3) is 7.14. The highest BCUT2D eigenvalue weighted by Crippen LogP contribution is 2.64. The molecule has 16 nitrogen and oxygen atoms in total. The van der Waals surface area contributed by atoms with Crippen LogP contribution in [0.15, 0.2) is 94.6 Å². The van der Waals surface area contributed by atoms with Gasteiger partial charge in [-0.15, -0.1) is 0 Å². The smallest absolute Gasteiger partial charge is 0.374 e. The van der Waals surface area contributed by atoms with Crippen LogP contribution in [0, 0.1) is 16.7 Å². The van der Waals surface area contributed by atoms with Crippen molar-refractivity contribution in [3.63, 3.8) is 0 Å². The van der Waals surface area contributed by atoms with E-state index < -0.39 is 113 Å². The second-order valence-corrected chi connectivity index (χ2v) is 17.0. The highest BCUT2D eigenvalue weighted by molar-refractivity contribution is 5.96. The molecule has 4 aliphatic rings. The number of carbonyl (C=O) groups is 6. The molecule has 1 aromatic heterocycles. The van der Waals surface area contributed by atoms with Crippen molar-refractivity contribution >= 4 is 35.6 Å². The van der Waals surface area contributed by atoms with Crippen LogP contribution < -0.4 is 5.32 Å². The molecule has 3 aliphatic carbocycles. The topological polar surface area (TPSA) is 234 Å². The summed E-state index contributed by atoms with van der Waals surface area (Å²) in [6, 6.07) is 17.8. The number of hydrogen-bond acceptors (Lipinski definition) is 15. The van der Waals surface area contributed by atoms with E-state index in [1.165, 1.54) is 46.1 Å². The summed E-state index contributed by atoms with van der Waals surface area (Å²) in [4.78, 5) is 83.0. The normalized spacial score (nSPS) is 32.2. The van der Waals surface area contributed by atoms with Gasteiger partial charge in [0.15, 0.2) is 23.6 Å². The Morgan fingerprint density at radius 3 is 2.11 bits per heavy atom.